The van der Waals surface area contributed by atoms with Gasteiger partial charge in [-0.2, -0.15) is 0 Å². The average molecular weight is 536 g/mol. The third-order valence-corrected chi connectivity index (χ3v) is 5.53. The van der Waals surface area contributed by atoms with E-state index in [1.807, 2.05) is 6.92 Å². The van der Waals surface area contributed by atoms with Crippen LogP contribution in [-0.2, 0) is 14.3 Å². The van der Waals surface area contributed by atoms with E-state index in [0.717, 1.165) is 48.8 Å². The van der Waals surface area contributed by atoms with Crippen molar-refractivity contribution in [3.05, 3.63) is 64.8 Å². The summed E-state index contributed by atoms with van der Waals surface area (Å²) in [5.74, 6) is -0.205. The van der Waals surface area contributed by atoms with Crippen molar-refractivity contribution in [2.75, 3.05) is 26.8 Å². The van der Waals surface area contributed by atoms with Crippen molar-refractivity contribution in [1.82, 2.24) is 15.3 Å². The second kappa shape index (κ2) is 17.7. The number of carbonyl (C=O) groups excluding carboxylic acids is 2. The number of aromatic amines is 1. The summed E-state index contributed by atoms with van der Waals surface area (Å²) < 4.78 is 23.2. The Balaban J connectivity index is 0.000000255. The largest absolute Gasteiger partial charge is 0.351 e. The molecule has 0 unspecified atom stereocenters. The molecule has 2 N–H and O–H groups in total. The fraction of sp³-hybridized carbons (Fsp3) is 0.464. The highest BCUT2D eigenvalue weighted by molar-refractivity contribution is 6.30. The van der Waals surface area contributed by atoms with Crippen molar-refractivity contribution in [2.24, 2.45) is 0 Å². The van der Waals surface area contributed by atoms with Gasteiger partial charge in [-0.15, -0.1) is 0 Å². The summed E-state index contributed by atoms with van der Waals surface area (Å²) in [6.07, 6.45) is 6.81. The van der Waals surface area contributed by atoms with Crippen LogP contribution < -0.4 is 5.32 Å². The fourth-order valence-electron chi connectivity index (χ4n) is 3.34. The van der Waals surface area contributed by atoms with Gasteiger partial charge in [0.25, 0.3) is 0 Å². The van der Waals surface area contributed by atoms with Crippen molar-refractivity contribution >= 4 is 34.6 Å². The normalized spacial score (nSPS) is 13.4. The van der Waals surface area contributed by atoms with Crippen molar-refractivity contribution in [3.8, 4) is 0 Å². The minimum absolute atomic E-state index is 0.171. The van der Waals surface area contributed by atoms with E-state index >= 15 is 0 Å². The van der Waals surface area contributed by atoms with Gasteiger partial charge in [0, 0.05) is 11.8 Å². The molecule has 0 amide bonds. The molecule has 1 fully saturated rings. The van der Waals surface area contributed by atoms with Crippen LogP contribution in [0.5, 0.6) is 0 Å². The number of hydrogen-bond acceptors (Lipinski definition) is 6. The van der Waals surface area contributed by atoms with Crippen LogP contribution in [0.3, 0.4) is 0 Å². The van der Waals surface area contributed by atoms with Gasteiger partial charge in [-0.1, -0.05) is 49.6 Å². The minimum atomic E-state index is -0.212. The number of aromatic nitrogens is 2. The molecule has 204 valence electrons. The predicted molar refractivity (Wildman–Crippen MR) is 147 cm³/mol. The summed E-state index contributed by atoms with van der Waals surface area (Å²) in [5.41, 5.74) is 2.45. The number of aryl methyl sites for hydroxylation is 1. The zero-order chi connectivity index (χ0) is 27.7. The van der Waals surface area contributed by atoms with E-state index < -0.39 is 0 Å². The van der Waals surface area contributed by atoms with Crippen LogP contribution in [0, 0.1) is 12.7 Å². The highest BCUT2D eigenvalue weighted by Gasteiger charge is 2.33. The molecule has 0 radical (unpaired) electrons. The van der Waals surface area contributed by atoms with E-state index in [-0.39, 0.29) is 17.4 Å². The summed E-state index contributed by atoms with van der Waals surface area (Å²) in [5, 5.41) is 4.05. The number of nitrogens with zero attached hydrogens (tertiary/aromatic N) is 1. The molecule has 3 aromatic rings. The first-order valence-corrected chi connectivity index (χ1v) is 12.8. The first-order chi connectivity index (χ1) is 17.7. The first-order valence-electron chi connectivity index (χ1n) is 12.4. The van der Waals surface area contributed by atoms with Crippen LogP contribution in [0.4, 0.5) is 4.39 Å². The summed E-state index contributed by atoms with van der Waals surface area (Å²) in [7, 11) is 1.75. The maximum atomic E-state index is 12.1. The number of ether oxygens (including phenoxy) is 2. The van der Waals surface area contributed by atoms with Crippen LogP contribution >= 0.6 is 11.6 Å². The number of hydrogen-bond donors (Lipinski definition) is 2. The van der Waals surface area contributed by atoms with Gasteiger partial charge in [0.15, 0.2) is 12.1 Å². The van der Waals surface area contributed by atoms with Gasteiger partial charge in [0.2, 0.25) is 0 Å². The molecular weight excluding hydrogens is 497 g/mol. The Morgan fingerprint density at radius 1 is 1.22 bits per heavy atom. The van der Waals surface area contributed by atoms with E-state index in [9.17, 15) is 14.0 Å². The Morgan fingerprint density at radius 3 is 2.32 bits per heavy atom. The molecule has 7 nitrogen and oxygen atoms in total. The molecule has 0 bridgehead atoms. The minimum Gasteiger partial charge on any atom is -0.351 e. The number of benzene rings is 1. The van der Waals surface area contributed by atoms with Crippen LogP contribution in [0.2, 0.25) is 5.15 Å². The van der Waals surface area contributed by atoms with E-state index in [2.05, 4.69) is 29.1 Å². The number of rotatable bonds is 7. The van der Waals surface area contributed by atoms with Crippen LogP contribution in [-0.4, -0.2) is 54.6 Å². The number of ketones is 1. The van der Waals surface area contributed by atoms with Gasteiger partial charge in [0.05, 0.1) is 37.2 Å². The highest BCUT2D eigenvalue weighted by atomic mass is 35.5. The van der Waals surface area contributed by atoms with Crippen molar-refractivity contribution in [2.45, 2.75) is 59.2 Å². The standard InChI is InChI=1S/C9H18O2.C8H5ClN2O.C7H7F.C4H9NO/c1-3-5-6-9(4-2)10-7-8-11-9;9-8-2-5-1-6(4-12)11-7(5)3-10-8;1-6-2-4-7(8)5-3-6;1-4(6)3-5-2/h3-8H2,1-2H3;1-4,11H;2-5H,1H3;5H,3H2,1-2H3. The maximum absolute atomic E-state index is 12.1. The number of nitrogens with one attached hydrogen (secondary N) is 2. The Bertz CT molecular complexity index is 1050. The Morgan fingerprint density at radius 2 is 1.86 bits per heavy atom. The van der Waals surface area contributed by atoms with Crippen LogP contribution in [0.1, 0.15) is 62.5 Å². The number of pyridine rings is 1. The van der Waals surface area contributed by atoms with Crippen LogP contribution in [0.15, 0.2) is 42.6 Å². The number of aldehydes is 1. The summed E-state index contributed by atoms with van der Waals surface area (Å²) >= 11 is 5.66. The molecule has 2 aromatic heterocycles. The molecule has 0 atom stereocenters. The van der Waals surface area contributed by atoms with Gasteiger partial charge >= 0.3 is 0 Å². The number of halogens is 2. The lowest BCUT2D eigenvalue weighted by molar-refractivity contribution is -0.164. The Labute approximate surface area is 224 Å². The number of H-pyrrole nitrogens is 1. The molecule has 1 aliphatic rings. The number of likely N-dealkylation sites (N-methyl/N-ethyl adjacent to an activating group) is 1. The number of Topliss-reactive ketones (excluding diaryl/α,β-unsaturated/α-hetero) is 1. The smallest absolute Gasteiger partial charge is 0.168 e. The first kappa shape index (κ1) is 32.4. The third kappa shape index (κ3) is 12.9. The molecule has 1 aliphatic heterocycles. The van der Waals surface area contributed by atoms with Crippen molar-refractivity contribution in [3.63, 3.8) is 0 Å². The molecule has 0 aliphatic carbocycles. The van der Waals surface area contributed by atoms with Gasteiger partial charge in [-0.25, -0.2) is 9.37 Å². The highest BCUT2D eigenvalue weighted by Crippen LogP contribution is 2.28. The molecule has 37 heavy (non-hydrogen) atoms. The molecule has 1 aromatic carbocycles. The maximum Gasteiger partial charge on any atom is 0.168 e. The molecular formula is C28H39ClFN3O4. The summed E-state index contributed by atoms with van der Waals surface area (Å²) in [6, 6.07) is 9.84. The average Bonchev–Trinajstić information content (AvgIpc) is 3.53. The van der Waals surface area contributed by atoms with E-state index in [1.54, 1.807) is 44.4 Å². The van der Waals surface area contributed by atoms with Gasteiger partial charge < -0.3 is 19.8 Å². The number of unbranched alkanes of at least 4 members (excludes halogenated alkanes) is 1. The Kier molecular flexibility index (Phi) is 15.5. The second-order valence-corrected chi connectivity index (χ2v) is 8.92. The van der Waals surface area contributed by atoms with Gasteiger partial charge in [-0.05, 0) is 58.0 Å². The van der Waals surface area contributed by atoms with Crippen molar-refractivity contribution < 1.29 is 23.5 Å². The zero-order valence-electron chi connectivity index (χ0n) is 22.4. The Hall–Kier alpha value is -2.65. The lowest BCUT2D eigenvalue weighted by atomic mass is 10.1. The second-order valence-electron chi connectivity index (χ2n) is 8.53. The van der Waals surface area contributed by atoms with Gasteiger partial charge in [-0.3, -0.25) is 9.59 Å². The van der Waals surface area contributed by atoms with Gasteiger partial charge in [0.1, 0.15) is 16.8 Å². The van der Waals surface area contributed by atoms with E-state index in [1.165, 1.54) is 25.0 Å². The fourth-order valence-corrected chi connectivity index (χ4v) is 3.51. The zero-order valence-corrected chi connectivity index (χ0v) is 23.2. The molecule has 1 saturated heterocycles. The topological polar surface area (TPSA) is 93.3 Å². The lowest BCUT2D eigenvalue weighted by Gasteiger charge is -2.25. The number of fused-ring (bicyclic) bond motifs is 1. The summed E-state index contributed by atoms with van der Waals surface area (Å²) in [6.45, 7) is 9.84. The monoisotopic (exact) mass is 535 g/mol. The molecule has 0 saturated carbocycles. The van der Waals surface area contributed by atoms with Crippen molar-refractivity contribution in [1.29, 1.82) is 0 Å². The molecule has 3 heterocycles. The van der Waals surface area contributed by atoms with Crippen LogP contribution in [0.25, 0.3) is 10.9 Å². The molecule has 4 rings (SSSR count). The SMILES string of the molecule is CCCCC1(CC)OCCO1.CNCC(C)=O.Cc1ccc(F)cc1.O=Cc1cc2cc(Cl)ncc2[nH]1. The molecule has 9 heteroatoms. The lowest BCUT2D eigenvalue weighted by Crippen LogP contribution is -2.28. The van der Waals surface area contributed by atoms with E-state index in [4.69, 9.17) is 21.1 Å². The third-order valence-electron chi connectivity index (χ3n) is 5.32. The number of carbonyl (C=O) groups is 2. The summed E-state index contributed by atoms with van der Waals surface area (Å²) in [4.78, 5) is 27.1. The van der Waals surface area contributed by atoms with E-state index in [0.29, 0.717) is 17.4 Å². The molecule has 0 spiro atoms. The predicted octanol–water partition coefficient (Wildman–Crippen LogP) is 6.29. The quantitative estimate of drug-likeness (QED) is 0.273.